The van der Waals surface area contributed by atoms with E-state index < -0.39 is 0 Å². The standard InChI is InChI=1S/C27H28N4O2S/c1-18-15-23(20(3)31(18)19(2)16-33-4)24(32)17-34-27-28-25(21-11-7-5-8-12-21)26(29-30-27)22-13-9-6-10-14-22/h5-15,19H,16-17H2,1-4H3/t19-/m0/s1. The molecule has 0 spiro atoms. The molecule has 0 N–H and O–H groups in total. The molecule has 0 amide bonds. The van der Waals surface area contributed by atoms with Crippen LogP contribution in [0.1, 0.15) is 34.7 Å². The molecule has 174 valence electrons. The van der Waals surface area contributed by atoms with Crippen LogP contribution in [0.3, 0.4) is 0 Å². The highest BCUT2D eigenvalue weighted by Crippen LogP contribution is 2.30. The van der Waals surface area contributed by atoms with Gasteiger partial charge >= 0.3 is 0 Å². The van der Waals surface area contributed by atoms with Crippen LogP contribution < -0.4 is 0 Å². The molecule has 34 heavy (non-hydrogen) atoms. The summed E-state index contributed by atoms with van der Waals surface area (Å²) in [6, 6.07) is 21.9. The minimum absolute atomic E-state index is 0.0472. The molecule has 0 bridgehead atoms. The maximum Gasteiger partial charge on any atom is 0.210 e. The molecule has 0 fully saturated rings. The number of hydrogen-bond acceptors (Lipinski definition) is 6. The van der Waals surface area contributed by atoms with E-state index in [0.29, 0.717) is 11.8 Å². The number of nitrogens with zero attached hydrogens (tertiary/aromatic N) is 4. The molecule has 1 atom stereocenters. The SMILES string of the molecule is COC[C@H](C)n1c(C)cc(C(=O)CSc2nnc(-c3ccccc3)c(-c3ccccc3)n2)c1C. The minimum atomic E-state index is 0.0472. The van der Waals surface area contributed by atoms with Gasteiger partial charge in [0.25, 0.3) is 0 Å². The second-order valence-corrected chi connectivity index (χ2v) is 9.14. The lowest BCUT2D eigenvalue weighted by molar-refractivity contribution is 0.102. The van der Waals surface area contributed by atoms with Gasteiger partial charge in [-0.15, -0.1) is 10.2 Å². The van der Waals surface area contributed by atoms with Crippen LogP contribution in [0.2, 0.25) is 0 Å². The molecule has 2 aromatic heterocycles. The molecule has 0 aliphatic heterocycles. The zero-order valence-electron chi connectivity index (χ0n) is 19.9. The van der Waals surface area contributed by atoms with Gasteiger partial charge in [-0.05, 0) is 26.8 Å². The minimum Gasteiger partial charge on any atom is -0.383 e. The predicted octanol–water partition coefficient (Wildman–Crippen LogP) is 5.81. The summed E-state index contributed by atoms with van der Waals surface area (Å²) in [5.41, 5.74) is 6.11. The van der Waals surface area contributed by atoms with E-state index in [0.717, 1.165) is 39.5 Å². The number of thioether (sulfide) groups is 1. The zero-order valence-corrected chi connectivity index (χ0v) is 20.7. The van der Waals surface area contributed by atoms with Crippen molar-refractivity contribution in [3.05, 3.63) is 83.7 Å². The third-order valence-corrected chi connectivity index (χ3v) is 6.57. The monoisotopic (exact) mass is 472 g/mol. The van der Waals surface area contributed by atoms with Crippen molar-refractivity contribution < 1.29 is 9.53 Å². The smallest absolute Gasteiger partial charge is 0.210 e. The van der Waals surface area contributed by atoms with Crippen LogP contribution in [0.15, 0.2) is 71.9 Å². The molecule has 0 saturated heterocycles. The van der Waals surface area contributed by atoms with Crippen molar-refractivity contribution in [1.82, 2.24) is 19.7 Å². The highest BCUT2D eigenvalue weighted by atomic mass is 32.2. The van der Waals surface area contributed by atoms with Crippen LogP contribution in [0, 0.1) is 13.8 Å². The van der Waals surface area contributed by atoms with E-state index in [4.69, 9.17) is 9.72 Å². The molecule has 0 aliphatic rings. The first-order valence-electron chi connectivity index (χ1n) is 11.2. The van der Waals surface area contributed by atoms with Gasteiger partial charge in [-0.1, -0.05) is 72.4 Å². The third kappa shape index (κ3) is 5.11. The van der Waals surface area contributed by atoms with Crippen molar-refractivity contribution in [2.45, 2.75) is 32.0 Å². The Morgan fingerprint density at radius 3 is 2.21 bits per heavy atom. The molecule has 4 aromatic rings. The Hall–Kier alpha value is -3.29. The van der Waals surface area contributed by atoms with E-state index in [1.54, 1.807) is 7.11 Å². The summed E-state index contributed by atoms with van der Waals surface area (Å²) in [4.78, 5) is 17.9. The van der Waals surface area contributed by atoms with Gasteiger partial charge in [0.05, 0.1) is 18.4 Å². The van der Waals surface area contributed by atoms with E-state index in [9.17, 15) is 4.79 Å². The van der Waals surface area contributed by atoms with E-state index in [1.165, 1.54) is 11.8 Å². The van der Waals surface area contributed by atoms with Gasteiger partial charge in [0.2, 0.25) is 5.16 Å². The summed E-state index contributed by atoms with van der Waals surface area (Å²) >= 11 is 1.31. The second-order valence-electron chi connectivity index (χ2n) is 8.19. The topological polar surface area (TPSA) is 69.9 Å². The molecule has 0 saturated carbocycles. The summed E-state index contributed by atoms with van der Waals surface area (Å²) in [6.45, 7) is 6.68. The average Bonchev–Trinajstić information content (AvgIpc) is 3.17. The Morgan fingerprint density at radius 1 is 0.971 bits per heavy atom. The lowest BCUT2D eigenvalue weighted by Crippen LogP contribution is -2.14. The van der Waals surface area contributed by atoms with Crippen molar-refractivity contribution in [3.8, 4) is 22.5 Å². The van der Waals surface area contributed by atoms with E-state index in [2.05, 4.69) is 21.7 Å². The second kappa shape index (κ2) is 10.8. The molecule has 6 nitrogen and oxygen atoms in total. The Kier molecular flexibility index (Phi) is 7.55. The first-order valence-corrected chi connectivity index (χ1v) is 12.2. The first kappa shape index (κ1) is 23.9. The molecule has 4 rings (SSSR count). The van der Waals surface area contributed by atoms with E-state index in [1.807, 2.05) is 80.6 Å². The van der Waals surface area contributed by atoms with Crippen LogP contribution in [-0.4, -0.2) is 45.0 Å². The highest BCUT2D eigenvalue weighted by Gasteiger charge is 2.20. The molecule has 7 heteroatoms. The average molecular weight is 473 g/mol. The van der Waals surface area contributed by atoms with Gasteiger partial charge in [0.15, 0.2) is 5.78 Å². The Balaban J connectivity index is 1.58. The normalized spacial score (nSPS) is 12.0. The summed E-state index contributed by atoms with van der Waals surface area (Å²) in [5, 5.41) is 9.31. The van der Waals surface area contributed by atoms with Gasteiger partial charge in [0, 0.05) is 35.2 Å². The number of carbonyl (C=O) groups is 1. The molecule has 0 aliphatic carbocycles. The Morgan fingerprint density at radius 2 is 1.59 bits per heavy atom. The number of methoxy groups -OCH3 is 1. The molecule has 2 heterocycles. The zero-order chi connectivity index (χ0) is 24.1. The summed E-state index contributed by atoms with van der Waals surface area (Å²) in [7, 11) is 1.69. The van der Waals surface area contributed by atoms with Gasteiger partial charge in [-0.25, -0.2) is 4.98 Å². The fourth-order valence-electron chi connectivity index (χ4n) is 4.22. The largest absolute Gasteiger partial charge is 0.383 e. The number of ketones is 1. The molecule has 0 unspecified atom stereocenters. The van der Waals surface area contributed by atoms with E-state index in [-0.39, 0.29) is 17.6 Å². The number of ether oxygens (including phenoxy) is 1. The molecular formula is C27H28N4O2S. The fraction of sp³-hybridized carbons (Fsp3) is 0.259. The molecular weight excluding hydrogens is 444 g/mol. The van der Waals surface area contributed by atoms with Crippen molar-refractivity contribution in [3.63, 3.8) is 0 Å². The van der Waals surface area contributed by atoms with Gasteiger partial charge in [0.1, 0.15) is 11.4 Å². The van der Waals surface area contributed by atoms with Crippen LogP contribution in [0.4, 0.5) is 0 Å². The summed E-state index contributed by atoms with van der Waals surface area (Å²) < 4.78 is 7.45. The fourth-order valence-corrected chi connectivity index (χ4v) is 4.89. The lowest BCUT2D eigenvalue weighted by atomic mass is 10.0. The predicted molar refractivity (Wildman–Crippen MR) is 136 cm³/mol. The number of hydrogen-bond donors (Lipinski definition) is 0. The van der Waals surface area contributed by atoms with E-state index >= 15 is 0 Å². The number of carbonyl (C=O) groups excluding carboxylic acids is 1. The van der Waals surface area contributed by atoms with Crippen molar-refractivity contribution in [2.24, 2.45) is 0 Å². The van der Waals surface area contributed by atoms with Crippen molar-refractivity contribution in [2.75, 3.05) is 19.5 Å². The van der Waals surface area contributed by atoms with Gasteiger partial charge in [-0.3, -0.25) is 4.79 Å². The number of Topliss-reactive ketones (excluding diaryl/α,β-unsaturated/α-hetero) is 1. The van der Waals surface area contributed by atoms with Crippen molar-refractivity contribution in [1.29, 1.82) is 0 Å². The Bertz CT molecular complexity index is 1270. The Labute approximate surface area is 204 Å². The lowest BCUT2D eigenvalue weighted by Gasteiger charge is -2.17. The summed E-state index contributed by atoms with van der Waals surface area (Å²) in [6.07, 6.45) is 0. The number of aryl methyl sites for hydroxylation is 1. The molecule has 0 radical (unpaired) electrons. The first-order chi connectivity index (χ1) is 16.5. The van der Waals surface area contributed by atoms with Crippen LogP contribution in [0.5, 0.6) is 0 Å². The van der Waals surface area contributed by atoms with Crippen LogP contribution >= 0.6 is 11.8 Å². The van der Waals surface area contributed by atoms with Crippen LogP contribution in [-0.2, 0) is 4.74 Å². The number of rotatable bonds is 9. The highest BCUT2D eigenvalue weighted by molar-refractivity contribution is 7.99. The quantitative estimate of drug-likeness (QED) is 0.226. The maximum absolute atomic E-state index is 13.1. The van der Waals surface area contributed by atoms with Crippen molar-refractivity contribution >= 4 is 17.5 Å². The number of benzene rings is 2. The van der Waals surface area contributed by atoms with Gasteiger partial charge < -0.3 is 9.30 Å². The molecule has 2 aromatic carbocycles. The third-order valence-electron chi connectivity index (χ3n) is 5.73. The summed E-state index contributed by atoms with van der Waals surface area (Å²) in [5.74, 6) is 0.287. The van der Waals surface area contributed by atoms with Crippen LogP contribution in [0.25, 0.3) is 22.5 Å². The maximum atomic E-state index is 13.1. The van der Waals surface area contributed by atoms with Gasteiger partial charge in [-0.2, -0.15) is 0 Å². The number of aromatic nitrogens is 4.